The molecule has 2 aromatic carbocycles. The molecule has 6 heteroatoms. The first kappa shape index (κ1) is 16.6. The molecule has 0 unspecified atom stereocenters. The molecule has 2 aromatic rings. The van der Waals surface area contributed by atoms with Gasteiger partial charge in [-0.1, -0.05) is 42.5 Å². The molecule has 2 N–H and O–H groups in total. The molecule has 134 valence electrons. The third-order valence-electron chi connectivity index (χ3n) is 5.02. The molecule has 2 saturated heterocycles. The number of nitrogens with one attached hydrogen (secondary N) is 2. The number of amides is 3. The topological polar surface area (TPSA) is 64.7 Å². The zero-order chi connectivity index (χ0) is 17.9. The lowest BCUT2D eigenvalue weighted by atomic mass is 10.1. The summed E-state index contributed by atoms with van der Waals surface area (Å²) in [5.74, 6) is 0.0148. The molecular weight excluding hydrogens is 328 g/mol. The second-order valence-corrected chi connectivity index (χ2v) is 6.66. The molecule has 2 heterocycles. The third kappa shape index (κ3) is 3.41. The van der Waals surface area contributed by atoms with Gasteiger partial charge < -0.3 is 15.5 Å². The van der Waals surface area contributed by atoms with Crippen LogP contribution in [0, 0.1) is 0 Å². The Balaban J connectivity index is 1.39. The second kappa shape index (κ2) is 7.17. The molecule has 2 fully saturated rings. The fraction of sp³-hybridized carbons (Fsp3) is 0.300. The lowest BCUT2D eigenvalue weighted by Crippen LogP contribution is -2.64. The lowest BCUT2D eigenvalue weighted by molar-refractivity contribution is -0.131. The van der Waals surface area contributed by atoms with Crippen LogP contribution in [0.15, 0.2) is 54.6 Å². The quantitative estimate of drug-likeness (QED) is 0.871. The minimum absolute atomic E-state index is 0.0148. The van der Waals surface area contributed by atoms with Gasteiger partial charge in [-0.3, -0.25) is 9.69 Å². The van der Waals surface area contributed by atoms with Crippen molar-refractivity contribution in [3.8, 4) is 11.1 Å². The van der Waals surface area contributed by atoms with E-state index >= 15 is 0 Å². The summed E-state index contributed by atoms with van der Waals surface area (Å²) in [6.07, 6.45) is 0. The Labute approximate surface area is 152 Å². The zero-order valence-corrected chi connectivity index (χ0v) is 14.5. The van der Waals surface area contributed by atoms with Gasteiger partial charge in [-0.25, -0.2) is 4.79 Å². The van der Waals surface area contributed by atoms with Crippen LogP contribution in [-0.2, 0) is 4.79 Å². The van der Waals surface area contributed by atoms with Crippen molar-refractivity contribution in [3.63, 3.8) is 0 Å². The monoisotopic (exact) mass is 350 g/mol. The minimum atomic E-state index is -0.233. The van der Waals surface area contributed by atoms with E-state index in [0.29, 0.717) is 19.6 Å². The number of carbonyl (C=O) groups excluding carboxylic acids is 2. The van der Waals surface area contributed by atoms with E-state index in [2.05, 4.69) is 27.7 Å². The fourth-order valence-corrected chi connectivity index (χ4v) is 3.54. The van der Waals surface area contributed by atoms with Gasteiger partial charge in [-0.2, -0.15) is 0 Å². The first-order chi connectivity index (χ1) is 12.7. The molecule has 2 aliphatic rings. The van der Waals surface area contributed by atoms with Crippen LogP contribution in [-0.4, -0.2) is 60.5 Å². The molecule has 26 heavy (non-hydrogen) atoms. The zero-order valence-electron chi connectivity index (χ0n) is 14.5. The number of anilines is 1. The van der Waals surface area contributed by atoms with Crippen molar-refractivity contribution in [1.82, 2.24) is 15.1 Å². The van der Waals surface area contributed by atoms with Gasteiger partial charge in [0.15, 0.2) is 0 Å². The van der Waals surface area contributed by atoms with Gasteiger partial charge in [-0.15, -0.1) is 0 Å². The number of nitrogens with zero attached hydrogens (tertiary/aromatic N) is 2. The van der Waals surface area contributed by atoms with Crippen LogP contribution in [0.5, 0.6) is 0 Å². The number of hydrogen-bond donors (Lipinski definition) is 2. The Kier molecular flexibility index (Phi) is 4.58. The van der Waals surface area contributed by atoms with E-state index in [4.69, 9.17) is 0 Å². The molecule has 0 spiro atoms. The average molecular weight is 350 g/mol. The van der Waals surface area contributed by atoms with Gasteiger partial charge in [0.25, 0.3) is 0 Å². The van der Waals surface area contributed by atoms with Crippen LogP contribution in [0.1, 0.15) is 0 Å². The maximum absolute atomic E-state index is 12.6. The standard InChI is InChI=1S/C20H22N4O2/c25-19-18-14-24(13-12-23(18)11-10-21-19)20(26)22-17-8-6-16(7-9-17)15-4-2-1-3-5-15/h1-9,18H,10-14H2,(H,21,25)(H,22,26)/t18-/m0/s1. The molecule has 0 aliphatic carbocycles. The van der Waals surface area contributed by atoms with E-state index in [1.807, 2.05) is 42.5 Å². The molecule has 0 radical (unpaired) electrons. The van der Waals surface area contributed by atoms with Crippen LogP contribution < -0.4 is 10.6 Å². The summed E-state index contributed by atoms with van der Waals surface area (Å²) in [7, 11) is 0. The van der Waals surface area contributed by atoms with Crippen molar-refractivity contribution in [2.75, 3.05) is 38.0 Å². The van der Waals surface area contributed by atoms with Crippen LogP contribution >= 0.6 is 0 Å². The first-order valence-electron chi connectivity index (χ1n) is 8.94. The van der Waals surface area contributed by atoms with Crippen molar-refractivity contribution >= 4 is 17.6 Å². The van der Waals surface area contributed by atoms with Crippen molar-refractivity contribution in [2.24, 2.45) is 0 Å². The highest BCUT2D eigenvalue weighted by Crippen LogP contribution is 2.21. The largest absolute Gasteiger partial charge is 0.353 e. The van der Waals surface area contributed by atoms with Crippen molar-refractivity contribution in [1.29, 1.82) is 0 Å². The predicted molar refractivity (Wildman–Crippen MR) is 101 cm³/mol. The summed E-state index contributed by atoms with van der Waals surface area (Å²) < 4.78 is 0. The van der Waals surface area contributed by atoms with Crippen molar-refractivity contribution in [3.05, 3.63) is 54.6 Å². The normalized spacial score (nSPS) is 20.2. The highest BCUT2D eigenvalue weighted by molar-refractivity contribution is 5.91. The molecule has 1 atom stereocenters. The molecule has 0 bridgehead atoms. The number of rotatable bonds is 2. The number of carbonyl (C=O) groups is 2. The number of urea groups is 1. The van der Waals surface area contributed by atoms with Gasteiger partial charge in [0, 0.05) is 38.4 Å². The van der Waals surface area contributed by atoms with Crippen molar-refractivity contribution < 1.29 is 9.59 Å². The van der Waals surface area contributed by atoms with Crippen LogP contribution in [0.3, 0.4) is 0 Å². The summed E-state index contributed by atoms with van der Waals surface area (Å²) in [4.78, 5) is 28.5. The van der Waals surface area contributed by atoms with Crippen molar-refractivity contribution in [2.45, 2.75) is 6.04 Å². The van der Waals surface area contributed by atoms with E-state index in [0.717, 1.165) is 29.9 Å². The maximum Gasteiger partial charge on any atom is 0.321 e. The molecule has 2 aliphatic heterocycles. The summed E-state index contributed by atoms with van der Waals surface area (Å²) in [5, 5.41) is 5.81. The van der Waals surface area contributed by atoms with E-state index < -0.39 is 0 Å². The Morgan fingerprint density at radius 2 is 1.69 bits per heavy atom. The molecular formula is C20H22N4O2. The summed E-state index contributed by atoms with van der Waals surface area (Å²) >= 11 is 0. The number of fused-ring (bicyclic) bond motifs is 1. The van der Waals surface area contributed by atoms with Crippen LogP contribution in [0.4, 0.5) is 10.5 Å². The number of hydrogen-bond acceptors (Lipinski definition) is 3. The molecule has 0 aromatic heterocycles. The molecule has 0 saturated carbocycles. The van der Waals surface area contributed by atoms with E-state index in [1.165, 1.54) is 0 Å². The number of piperazine rings is 2. The fourth-order valence-electron chi connectivity index (χ4n) is 3.54. The lowest BCUT2D eigenvalue weighted by Gasteiger charge is -2.42. The first-order valence-corrected chi connectivity index (χ1v) is 8.94. The highest BCUT2D eigenvalue weighted by atomic mass is 16.2. The van der Waals surface area contributed by atoms with Gasteiger partial charge in [-0.05, 0) is 23.3 Å². The van der Waals surface area contributed by atoms with Crippen LogP contribution in [0.25, 0.3) is 11.1 Å². The minimum Gasteiger partial charge on any atom is -0.353 e. The summed E-state index contributed by atoms with van der Waals surface area (Å²) in [6, 6.07) is 17.5. The van der Waals surface area contributed by atoms with Gasteiger partial charge in [0.2, 0.25) is 5.91 Å². The average Bonchev–Trinajstić information content (AvgIpc) is 2.69. The second-order valence-electron chi connectivity index (χ2n) is 6.66. The maximum atomic E-state index is 12.6. The van der Waals surface area contributed by atoms with Crippen LogP contribution in [0.2, 0.25) is 0 Å². The smallest absolute Gasteiger partial charge is 0.321 e. The predicted octanol–water partition coefficient (Wildman–Crippen LogP) is 2.00. The summed E-state index contributed by atoms with van der Waals surface area (Å²) in [5.41, 5.74) is 3.01. The Morgan fingerprint density at radius 3 is 2.46 bits per heavy atom. The third-order valence-corrected chi connectivity index (χ3v) is 5.02. The molecule has 4 rings (SSSR count). The van der Waals surface area contributed by atoms with Gasteiger partial charge >= 0.3 is 6.03 Å². The van der Waals surface area contributed by atoms with Gasteiger partial charge in [0.1, 0.15) is 6.04 Å². The SMILES string of the molecule is O=C1NCCN2CCN(C(=O)Nc3ccc(-c4ccccc4)cc3)C[C@@H]12. The Bertz CT molecular complexity index is 791. The highest BCUT2D eigenvalue weighted by Gasteiger charge is 2.36. The number of benzene rings is 2. The van der Waals surface area contributed by atoms with E-state index in [9.17, 15) is 9.59 Å². The van der Waals surface area contributed by atoms with E-state index in [-0.39, 0.29) is 18.0 Å². The van der Waals surface area contributed by atoms with Gasteiger partial charge in [0.05, 0.1) is 0 Å². The Hall–Kier alpha value is -2.86. The molecule has 3 amide bonds. The molecule has 6 nitrogen and oxygen atoms in total. The summed E-state index contributed by atoms with van der Waals surface area (Å²) in [6.45, 7) is 3.35. The Morgan fingerprint density at radius 1 is 0.962 bits per heavy atom. The van der Waals surface area contributed by atoms with E-state index in [1.54, 1.807) is 4.90 Å².